The lowest BCUT2D eigenvalue weighted by atomic mass is 10.0. The fourth-order valence-electron chi connectivity index (χ4n) is 1.64. The van der Waals surface area contributed by atoms with Gasteiger partial charge in [0.2, 0.25) is 0 Å². The molecule has 0 aliphatic rings. The second kappa shape index (κ2) is 6.01. The molecule has 0 saturated carbocycles. The second-order valence-electron chi connectivity index (χ2n) is 4.34. The maximum absolute atomic E-state index is 11.7. The number of nitrogens with zero attached hydrogens (tertiary/aromatic N) is 1. The van der Waals surface area contributed by atoms with Crippen LogP contribution in [0.4, 0.5) is 0 Å². The van der Waals surface area contributed by atoms with E-state index < -0.39 is 11.5 Å². The van der Waals surface area contributed by atoms with Crippen LogP contribution in [0.5, 0.6) is 0 Å². The highest BCUT2D eigenvalue weighted by molar-refractivity contribution is 5.92. The number of hydrogen-bond donors (Lipinski definition) is 1. The van der Waals surface area contributed by atoms with E-state index in [0.717, 1.165) is 0 Å². The third-order valence-electron chi connectivity index (χ3n) is 2.32. The van der Waals surface area contributed by atoms with Crippen molar-refractivity contribution < 1.29 is 9.53 Å². The lowest BCUT2D eigenvalue weighted by molar-refractivity contribution is 0.0525. The Labute approximate surface area is 105 Å². The first-order chi connectivity index (χ1) is 8.49. The highest BCUT2D eigenvalue weighted by Crippen LogP contribution is 2.10. The zero-order valence-corrected chi connectivity index (χ0v) is 10.7. The monoisotopic (exact) mass is 248 g/mol. The number of nitriles is 1. The van der Waals surface area contributed by atoms with Gasteiger partial charge in [-0.05, 0) is 25.3 Å². The van der Waals surface area contributed by atoms with Gasteiger partial charge >= 0.3 is 5.97 Å². The molecule has 0 aliphatic heterocycles. The molecule has 0 bridgehead atoms. The molecule has 0 aliphatic carbocycles. The Morgan fingerprint density at radius 1 is 1.56 bits per heavy atom. The van der Waals surface area contributed by atoms with Crippen LogP contribution in [0.3, 0.4) is 0 Å². The average molecular weight is 248 g/mol. The van der Waals surface area contributed by atoms with Crippen LogP contribution >= 0.6 is 0 Å². The SMILES string of the molecule is CCOC(=O)c1cc(CC(C)C)[nH]c(=O)c1C#N. The van der Waals surface area contributed by atoms with Crippen molar-refractivity contribution in [2.24, 2.45) is 5.92 Å². The minimum Gasteiger partial charge on any atom is -0.462 e. The summed E-state index contributed by atoms with van der Waals surface area (Å²) in [4.78, 5) is 26.0. The van der Waals surface area contributed by atoms with Gasteiger partial charge in [0.1, 0.15) is 11.6 Å². The van der Waals surface area contributed by atoms with E-state index in [1.165, 1.54) is 6.07 Å². The quantitative estimate of drug-likeness (QED) is 0.821. The van der Waals surface area contributed by atoms with Gasteiger partial charge < -0.3 is 9.72 Å². The van der Waals surface area contributed by atoms with Crippen LogP contribution in [-0.4, -0.2) is 17.6 Å². The van der Waals surface area contributed by atoms with Crippen LogP contribution in [0, 0.1) is 17.2 Å². The third kappa shape index (κ3) is 3.20. The molecule has 0 spiro atoms. The topological polar surface area (TPSA) is 83.0 Å². The Hall–Kier alpha value is -2.09. The molecule has 18 heavy (non-hydrogen) atoms. The molecular formula is C13H16N2O3. The highest BCUT2D eigenvalue weighted by atomic mass is 16.5. The zero-order chi connectivity index (χ0) is 13.7. The summed E-state index contributed by atoms with van der Waals surface area (Å²) in [5.74, 6) is -0.297. The van der Waals surface area contributed by atoms with Crippen LogP contribution in [0.2, 0.25) is 0 Å². The predicted molar refractivity (Wildman–Crippen MR) is 66.3 cm³/mol. The summed E-state index contributed by atoms with van der Waals surface area (Å²) >= 11 is 0. The molecule has 5 nitrogen and oxygen atoms in total. The van der Waals surface area contributed by atoms with Gasteiger partial charge in [-0.2, -0.15) is 5.26 Å². The van der Waals surface area contributed by atoms with Crippen molar-refractivity contribution in [2.75, 3.05) is 6.61 Å². The summed E-state index contributed by atoms with van der Waals surface area (Å²) in [6.45, 7) is 5.88. The minimum absolute atomic E-state index is 0.0405. The van der Waals surface area contributed by atoms with Crippen LogP contribution in [0.15, 0.2) is 10.9 Å². The lowest BCUT2D eigenvalue weighted by Crippen LogP contribution is -2.20. The molecule has 0 amide bonds. The minimum atomic E-state index is -0.634. The van der Waals surface area contributed by atoms with E-state index in [2.05, 4.69) is 4.98 Å². The Bertz CT molecular complexity index is 538. The molecule has 1 rings (SSSR count). The summed E-state index contributed by atoms with van der Waals surface area (Å²) in [6.07, 6.45) is 0.632. The van der Waals surface area contributed by atoms with Crippen molar-refractivity contribution in [3.05, 3.63) is 33.2 Å². The standard InChI is InChI=1S/C13H16N2O3/c1-4-18-13(17)10-6-9(5-8(2)3)15-12(16)11(10)7-14/h6,8H,4-5H2,1-3H3,(H,15,16). The average Bonchev–Trinajstić information content (AvgIpc) is 2.27. The van der Waals surface area contributed by atoms with E-state index in [9.17, 15) is 9.59 Å². The number of hydrogen-bond acceptors (Lipinski definition) is 4. The van der Waals surface area contributed by atoms with Crippen molar-refractivity contribution in [1.82, 2.24) is 4.98 Å². The number of pyridine rings is 1. The summed E-state index contributed by atoms with van der Waals surface area (Å²) in [7, 11) is 0. The summed E-state index contributed by atoms with van der Waals surface area (Å²) in [5.41, 5.74) is -0.0598. The maximum Gasteiger partial charge on any atom is 0.339 e. The van der Waals surface area contributed by atoms with E-state index in [-0.39, 0.29) is 17.7 Å². The van der Waals surface area contributed by atoms with Crippen LogP contribution in [0.1, 0.15) is 42.4 Å². The number of aromatic amines is 1. The number of carbonyl (C=O) groups excluding carboxylic acids is 1. The Balaban J connectivity index is 3.29. The molecule has 0 atom stereocenters. The van der Waals surface area contributed by atoms with Gasteiger partial charge in [-0.25, -0.2) is 4.79 Å². The summed E-state index contributed by atoms with van der Waals surface area (Å²) in [5, 5.41) is 8.91. The molecule has 1 N–H and O–H groups in total. The van der Waals surface area contributed by atoms with Crippen molar-refractivity contribution >= 4 is 5.97 Å². The van der Waals surface area contributed by atoms with Gasteiger partial charge in [0.15, 0.2) is 0 Å². The van der Waals surface area contributed by atoms with Gasteiger partial charge in [0.25, 0.3) is 5.56 Å². The Morgan fingerprint density at radius 3 is 2.72 bits per heavy atom. The third-order valence-corrected chi connectivity index (χ3v) is 2.32. The van der Waals surface area contributed by atoms with Gasteiger partial charge in [-0.15, -0.1) is 0 Å². The molecule has 0 fully saturated rings. The summed E-state index contributed by atoms with van der Waals surface area (Å²) in [6, 6.07) is 3.26. The van der Waals surface area contributed by atoms with Crippen molar-refractivity contribution in [1.29, 1.82) is 5.26 Å². The van der Waals surface area contributed by atoms with E-state index in [4.69, 9.17) is 10.00 Å². The number of aromatic nitrogens is 1. The van der Waals surface area contributed by atoms with Crippen molar-refractivity contribution in [2.45, 2.75) is 27.2 Å². The van der Waals surface area contributed by atoms with E-state index in [0.29, 0.717) is 18.0 Å². The number of rotatable bonds is 4. The fraction of sp³-hybridized carbons (Fsp3) is 0.462. The highest BCUT2D eigenvalue weighted by Gasteiger charge is 2.17. The van der Waals surface area contributed by atoms with Gasteiger partial charge in [0, 0.05) is 5.69 Å². The molecule has 1 heterocycles. The first-order valence-electron chi connectivity index (χ1n) is 5.83. The number of H-pyrrole nitrogens is 1. The lowest BCUT2D eigenvalue weighted by Gasteiger charge is -2.08. The van der Waals surface area contributed by atoms with Crippen molar-refractivity contribution in [3.63, 3.8) is 0 Å². The Kier molecular flexibility index (Phi) is 4.67. The normalized spacial score (nSPS) is 10.2. The van der Waals surface area contributed by atoms with Gasteiger partial charge in [-0.1, -0.05) is 13.8 Å². The number of carbonyl (C=O) groups is 1. The van der Waals surface area contributed by atoms with Gasteiger partial charge in [-0.3, -0.25) is 4.79 Å². The first-order valence-corrected chi connectivity index (χ1v) is 5.83. The van der Waals surface area contributed by atoms with Crippen LogP contribution < -0.4 is 5.56 Å². The van der Waals surface area contributed by atoms with Crippen LogP contribution in [0.25, 0.3) is 0 Å². The molecule has 0 saturated heterocycles. The van der Waals surface area contributed by atoms with E-state index in [1.807, 2.05) is 13.8 Å². The van der Waals surface area contributed by atoms with Crippen molar-refractivity contribution in [3.8, 4) is 6.07 Å². The largest absolute Gasteiger partial charge is 0.462 e. The molecule has 5 heteroatoms. The molecule has 1 aromatic rings. The van der Waals surface area contributed by atoms with Crippen LogP contribution in [-0.2, 0) is 11.2 Å². The molecule has 0 aromatic carbocycles. The predicted octanol–water partition coefficient (Wildman–Crippen LogP) is 1.62. The summed E-state index contributed by atoms with van der Waals surface area (Å²) < 4.78 is 4.84. The molecule has 0 unspecified atom stereocenters. The zero-order valence-electron chi connectivity index (χ0n) is 10.7. The number of ether oxygens (including phenoxy) is 1. The smallest absolute Gasteiger partial charge is 0.339 e. The van der Waals surface area contributed by atoms with E-state index in [1.54, 1.807) is 13.0 Å². The molecule has 96 valence electrons. The first kappa shape index (κ1) is 14.0. The number of nitrogens with one attached hydrogen (secondary N) is 1. The number of esters is 1. The maximum atomic E-state index is 11.7. The molecule has 0 radical (unpaired) electrons. The molecule has 1 aromatic heterocycles. The second-order valence-corrected chi connectivity index (χ2v) is 4.34. The van der Waals surface area contributed by atoms with Gasteiger partial charge in [0.05, 0.1) is 12.2 Å². The Morgan fingerprint density at radius 2 is 2.22 bits per heavy atom. The molecular weight excluding hydrogens is 232 g/mol. The van der Waals surface area contributed by atoms with E-state index >= 15 is 0 Å². The fourth-order valence-corrected chi connectivity index (χ4v) is 1.64.